The molecule has 0 bridgehead atoms. The fourth-order valence-corrected chi connectivity index (χ4v) is 6.87. The number of carboxylic acid groups (broad SMARTS) is 1. The molecule has 9 nitrogen and oxygen atoms in total. The largest absolute Gasteiger partial charge is 0.507 e. The Labute approximate surface area is 298 Å². The van der Waals surface area contributed by atoms with E-state index in [0.717, 1.165) is 11.4 Å². The SMILES string of the molecule is O=C1C=C2Oc3c(ccc(O)c3CNc3ccc(F)cc3CN(Cc3ccccn3)Cc3ccccn3)C(c3ccccc3C(=O)O)C2C=C1Cl. The molecule has 2 aromatic heterocycles. The van der Waals surface area contributed by atoms with Crippen LogP contribution in [0.1, 0.15) is 49.9 Å². The number of hydrogen-bond donors (Lipinski definition) is 3. The predicted molar refractivity (Wildman–Crippen MR) is 190 cm³/mol. The Morgan fingerprint density at radius 2 is 1.61 bits per heavy atom. The van der Waals surface area contributed by atoms with Crippen LogP contribution in [0.3, 0.4) is 0 Å². The van der Waals surface area contributed by atoms with Crippen LogP contribution >= 0.6 is 11.6 Å². The number of halogens is 2. The van der Waals surface area contributed by atoms with Crippen molar-refractivity contribution in [2.45, 2.75) is 32.1 Å². The molecule has 2 aliphatic rings. The molecule has 3 aromatic carbocycles. The molecule has 0 saturated heterocycles. The highest BCUT2D eigenvalue weighted by Crippen LogP contribution is 2.51. The minimum atomic E-state index is -1.10. The Kier molecular flexibility index (Phi) is 9.61. The topological polar surface area (TPSA) is 125 Å². The second kappa shape index (κ2) is 14.6. The summed E-state index contributed by atoms with van der Waals surface area (Å²) in [6.45, 7) is 1.38. The minimum absolute atomic E-state index is 0.0123. The third kappa shape index (κ3) is 7.23. The molecular formula is C40H32ClFN4O5. The van der Waals surface area contributed by atoms with Crippen LogP contribution in [-0.4, -0.2) is 36.8 Å². The van der Waals surface area contributed by atoms with E-state index >= 15 is 0 Å². The molecule has 5 aromatic rings. The van der Waals surface area contributed by atoms with Gasteiger partial charge in [-0.3, -0.25) is 19.7 Å². The number of aromatic hydroxyl groups is 1. The summed E-state index contributed by atoms with van der Waals surface area (Å²) in [5, 5.41) is 24.7. The molecule has 0 amide bonds. The molecule has 0 radical (unpaired) electrons. The molecule has 51 heavy (non-hydrogen) atoms. The van der Waals surface area contributed by atoms with Crippen molar-refractivity contribution in [3.8, 4) is 11.5 Å². The Morgan fingerprint density at radius 3 is 2.29 bits per heavy atom. The molecule has 1 aliphatic carbocycles. The van der Waals surface area contributed by atoms with Gasteiger partial charge in [0.15, 0.2) is 5.78 Å². The number of nitrogens with zero attached hydrogens (tertiary/aromatic N) is 3. The van der Waals surface area contributed by atoms with Gasteiger partial charge in [0.2, 0.25) is 0 Å². The number of aromatic carboxylic acids is 1. The number of aromatic nitrogens is 2. The van der Waals surface area contributed by atoms with Gasteiger partial charge in [0.25, 0.3) is 0 Å². The molecule has 7 rings (SSSR count). The van der Waals surface area contributed by atoms with Gasteiger partial charge in [-0.15, -0.1) is 0 Å². The lowest BCUT2D eigenvalue weighted by molar-refractivity contribution is -0.111. The standard InChI is InChI=1S/C40H32ClFN4O5/c41-33-18-31-37(19-36(33)48)51-39-30(38(31)28-9-1-2-10-29(28)40(49)50)12-14-35(47)32(39)20-45-34-13-11-25(42)17-24(34)21-46(22-26-7-3-5-15-43-26)23-27-8-4-6-16-44-27/h1-19,31,38,45,47H,20-23H2,(H,49,50). The first-order chi connectivity index (χ1) is 24.7. The third-order valence-electron chi connectivity index (χ3n) is 9.01. The number of allylic oxidation sites excluding steroid dienone is 3. The predicted octanol–water partition coefficient (Wildman–Crippen LogP) is 7.56. The first-order valence-corrected chi connectivity index (χ1v) is 16.7. The molecule has 0 saturated carbocycles. The van der Waals surface area contributed by atoms with E-state index < -0.39 is 29.4 Å². The zero-order valence-electron chi connectivity index (χ0n) is 27.2. The zero-order valence-corrected chi connectivity index (χ0v) is 27.9. The van der Waals surface area contributed by atoms with E-state index in [9.17, 15) is 24.2 Å². The highest BCUT2D eigenvalue weighted by molar-refractivity contribution is 6.44. The second-order valence-electron chi connectivity index (χ2n) is 12.3. The maximum absolute atomic E-state index is 14.8. The van der Waals surface area contributed by atoms with Crippen molar-refractivity contribution in [1.29, 1.82) is 0 Å². The first kappa shape index (κ1) is 33.6. The highest BCUT2D eigenvalue weighted by atomic mass is 35.5. The monoisotopic (exact) mass is 702 g/mol. The summed E-state index contributed by atoms with van der Waals surface area (Å²) in [4.78, 5) is 36.1. The number of carbonyl (C=O) groups is 2. The fourth-order valence-electron chi connectivity index (χ4n) is 6.68. The summed E-state index contributed by atoms with van der Waals surface area (Å²) in [5.74, 6) is -2.59. The maximum atomic E-state index is 14.8. The van der Waals surface area contributed by atoms with E-state index in [-0.39, 0.29) is 28.6 Å². The molecule has 1 aliphatic heterocycles. The van der Waals surface area contributed by atoms with E-state index in [1.807, 2.05) is 36.4 Å². The number of phenols is 1. The third-order valence-corrected chi connectivity index (χ3v) is 9.32. The van der Waals surface area contributed by atoms with Crippen LogP contribution in [0, 0.1) is 11.7 Å². The molecule has 256 valence electrons. The smallest absolute Gasteiger partial charge is 0.335 e. The van der Waals surface area contributed by atoms with Crippen LogP contribution in [0.25, 0.3) is 0 Å². The number of fused-ring (bicyclic) bond motifs is 2. The van der Waals surface area contributed by atoms with Gasteiger partial charge < -0.3 is 20.3 Å². The Morgan fingerprint density at radius 1 is 0.902 bits per heavy atom. The van der Waals surface area contributed by atoms with Crippen LogP contribution < -0.4 is 10.1 Å². The number of ether oxygens (including phenoxy) is 1. The van der Waals surface area contributed by atoms with Gasteiger partial charge in [-0.1, -0.05) is 54.1 Å². The fraction of sp³-hybridized carbons (Fsp3) is 0.150. The Balaban J connectivity index is 1.24. The van der Waals surface area contributed by atoms with Crippen molar-refractivity contribution in [3.63, 3.8) is 0 Å². The maximum Gasteiger partial charge on any atom is 0.335 e. The van der Waals surface area contributed by atoms with E-state index in [1.54, 1.807) is 48.8 Å². The number of hydrogen-bond acceptors (Lipinski definition) is 8. The van der Waals surface area contributed by atoms with Crippen LogP contribution in [-0.2, 0) is 31.0 Å². The highest BCUT2D eigenvalue weighted by Gasteiger charge is 2.40. The summed E-state index contributed by atoms with van der Waals surface area (Å²) in [5.41, 5.74) is 4.60. The summed E-state index contributed by atoms with van der Waals surface area (Å²) in [7, 11) is 0. The lowest BCUT2D eigenvalue weighted by Crippen LogP contribution is -2.29. The lowest BCUT2D eigenvalue weighted by atomic mass is 9.74. The van der Waals surface area contributed by atoms with Crippen LogP contribution in [0.4, 0.5) is 10.1 Å². The van der Waals surface area contributed by atoms with Gasteiger partial charge in [-0.2, -0.15) is 0 Å². The summed E-state index contributed by atoms with van der Waals surface area (Å²) >= 11 is 6.30. The normalized spacial score (nSPS) is 16.4. The van der Waals surface area contributed by atoms with Gasteiger partial charge in [0.05, 0.1) is 27.5 Å². The summed E-state index contributed by atoms with van der Waals surface area (Å²) in [6, 6.07) is 25.8. The van der Waals surface area contributed by atoms with E-state index in [4.69, 9.17) is 16.3 Å². The molecule has 0 spiro atoms. The number of nitrogens with one attached hydrogen (secondary N) is 1. The molecule has 2 unspecified atom stereocenters. The Bertz CT molecular complexity index is 2140. The summed E-state index contributed by atoms with van der Waals surface area (Å²) in [6.07, 6.45) is 6.36. The van der Waals surface area contributed by atoms with Crippen LogP contribution in [0.5, 0.6) is 11.5 Å². The molecule has 11 heteroatoms. The molecule has 3 heterocycles. The number of ketones is 1. The first-order valence-electron chi connectivity index (χ1n) is 16.3. The molecule has 2 atom stereocenters. The number of carboxylic acids is 1. The number of pyridine rings is 2. The molecular weight excluding hydrogens is 671 g/mol. The van der Waals surface area contributed by atoms with Crippen LogP contribution in [0.2, 0.25) is 0 Å². The van der Waals surface area contributed by atoms with Crippen LogP contribution in [0.15, 0.2) is 126 Å². The van der Waals surface area contributed by atoms with E-state index in [2.05, 4.69) is 20.2 Å². The van der Waals surface area contributed by atoms with Crippen molar-refractivity contribution < 1.29 is 28.9 Å². The van der Waals surface area contributed by atoms with E-state index in [1.165, 1.54) is 30.3 Å². The van der Waals surface area contributed by atoms with Gasteiger partial charge >= 0.3 is 5.97 Å². The lowest BCUT2D eigenvalue weighted by Gasteiger charge is -2.37. The number of anilines is 1. The van der Waals surface area contributed by atoms with Gasteiger partial charge in [-0.25, -0.2) is 9.18 Å². The second-order valence-corrected chi connectivity index (χ2v) is 12.8. The van der Waals surface area contributed by atoms with E-state index in [0.29, 0.717) is 53.3 Å². The summed E-state index contributed by atoms with van der Waals surface area (Å²) < 4.78 is 21.2. The quantitative estimate of drug-likeness (QED) is 0.128. The van der Waals surface area contributed by atoms with Crippen molar-refractivity contribution in [3.05, 3.63) is 171 Å². The number of rotatable bonds is 11. The number of phenolic OH excluding ortho intramolecular Hbond substituents is 1. The average Bonchev–Trinajstić information content (AvgIpc) is 3.12. The van der Waals surface area contributed by atoms with Gasteiger partial charge in [0.1, 0.15) is 23.1 Å². The van der Waals surface area contributed by atoms with Crippen molar-refractivity contribution >= 4 is 29.0 Å². The molecule has 0 fully saturated rings. The minimum Gasteiger partial charge on any atom is -0.507 e. The average molecular weight is 703 g/mol. The van der Waals surface area contributed by atoms with Crippen molar-refractivity contribution in [2.75, 3.05) is 5.32 Å². The van der Waals surface area contributed by atoms with Crippen molar-refractivity contribution in [1.82, 2.24) is 14.9 Å². The number of benzene rings is 3. The van der Waals surface area contributed by atoms with Crippen molar-refractivity contribution in [2.24, 2.45) is 5.92 Å². The Hall–Kier alpha value is -5.84. The zero-order chi connectivity index (χ0) is 35.5. The van der Waals surface area contributed by atoms with Gasteiger partial charge in [-0.05, 0) is 65.7 Å². The van der Waals surface area contributed by atoms with Gasteiger partial charge in [0, 0.05) is 67.7 Å². The molecule has 3 N–H and O–H groups in total. The number of carbonyl (C=O) groups excluding carboxylic acids is 1.